The Morgan fingerprint density at radius 1 is 1.00 bits per heavy atom. The third-order valence-electron chi connectivity index (χ3n) is 5.19. The van der Waals surface area contributed by atoms with Crippen molar-refractivity contribution < 1.29 is 17.5 Å². The molecule has 3 N–H and O–H groups in total. The second kappa shape index (κ2) is 9.44. The highest BCUT2D eigenvalue weighted by molar-refractivity contribution is 7.91. The molecular weight excluding hydrogens is 457 g/mol. The van der Waals surface area contributed by atoms with Gasteiger partial charge < -0.3 is 10.5 Å². The van der Waals surface area contributed by atoms with E-state index in [1.807, 2.05) is 0 Å². The molecule has 4 rings (SSSR count). The number of nitrogen functional groups attached to an aromatic ring is 1. The van der Waals surface area contributed by atoms with E-state index < -0.39 is 15.8 Å². The van der Waals surface area contributed by atoms with E-state index >= 15 is 4.39 Å². The summed E-state index contributed by atoms with van der Waals surface area (Å²) in [5.41, 5.74) is 8.16. The molecule has 0 saturated carbocycles. The van der Waals surface area contributed by atoms with Crippen LogP contribution in [0.15, 0.2) is 67.0 Å². The summed E-state index contributed by atoms with van der Waals surface area (Å²) < 4.78 is 48.7. The summed E-state index contributed by atoms with van der Waals surface area (Å²) in [6, 6.07) is 14.9. The predicted octanol–water partition coefficient (Wildman–Crippen LogP) is 4.61. The van der Waals surface area contributed by atoms with Crippen LogP contribution in [0.2, 0.25) is 0 Å². The first-order valence-electron chi connectivity index (χ1n) is 10.3. The van der Waals surface area contributed by atoms with Crippen molar-refractivity contribution in [2.75, 3.05) is 10.5 Å². The molecule has 0 aliphatic rings. The summed E-state index contributed by atoms with van der Waals surface area (Å²) in [5.74, 6) is -0.553. The molecule has 8 nitrogen and oxygen atoms in total. The van der Waals surface area contributed by atoms with Crippen LogP contribution in [0.3, 0.4) is 0 Å². The summed E-state index contributed by atoms with van der Waals surface area (Å²) in [4.78, 5) is 12.3. The Morgan fingerprint density at radius 3 is 2.50 bits per heavy atom. The van der Waals surface area contributed by atoms with Crippen molar-refractivity contribution in [1.29, 1.82) is 0 Å². The Bertz CT molecular complexity index is 1450. The molecule has 0 fully saturated rings. The van der Waals surface area contributed by atoms with Gasteiger partial charge in [0.05, 0.1) is 22.7 Å². The van der Waals surface area contributed by atoms with Crippen LogP contribution < -0.4 is 15.2 Å². The fourth-order valence-electron chi connectivity index (χ4n) is 3.36. The zero-order valence-corrected chi connectivity index (χ0v) is 19.3. The molecule has 0 saturated heterocycles. The molecule has 0 bridgehead atoms. The van der Waals surface area contributed by atoms with E-state index in [0.717, 1.165) is 6.07 Å². The summed E-state index contributed by atoms with van der Waals surface area (Å²) in [6.07, 6.45) is 3.05. The Morgan fingerprint density at radius 2 is 1.76 bits per heavy atom. The Kier molecular flexibility index (Phi) is 6.42. The topological polar surface area (TPSA) is 120 Å². The lowest BCUT2D eigenvalue weighted by atomic mass is 10.1. The zero-order valence-electron chi connectivity index (χ0n) is 18.5. The number of nitrogens with zero attached hydrogens (tertiary/aromatic N) is 3. The lowest BCUT2D eigenvalue weighted by molar-refractivity contribution is 0.456. The highest BCUT2D eigenvalue weighted by Gasteiger charge is 2.21. The maximum atomic E-state index is 15.1. The van der Waals surface area contributed by atoms with Gasteiger partial charge in [-0.15, -0.1) is 0 Å². The van der Waals surface area contributed by atoms with Crippen molar-refractivity contribution in [1.82, 2.24) is 15.0 Å². The molecule has 0 spiro atoms. The number of benzene rings is 2. The number of aromatic nitrogens is 3. The van der Waals surface area contributed by atoms with Crippen molar-refractivity contribution in [3.63, 3.8) is 0 Å². The Hall–Kier alpha value is -4.05. The SMILES string of the molecule is Cc1c(Oc2ncccc2-c2ccnc(N)n2)cc(F)c(NS(=O)(=O)Cc2ccccc2)c1C. The van der Waals surface area contributed by atoms with Crippen LogP contribution in [0.4, 0.5) is 16.0 Å². The fourth-order valence-corrected chi connectivity index (χ4v) is 4.62. The standard InChI is InChI=1S/C24H22FN5O3S/c1-15-16(2)22(30-34(31,32)14-17-7-4-3-5-8-17)19(25)13-21(15)33-23-18(9-6-11-27-23)20-10-12-28-24(26)29-20/h3-13,30H,14H2,1-2H3,(H2,26,28,29). The molecular formula is C24H22FN5O3S. The highest BCUT2D eigenvalue weighted by atomic mass is 32.2. The van der Waals surface area contributed by atoms with Gasteiger partial charge in [0.25, 0.3) is 0 Å². The smallest absolute Gasteiger partial charge is 0.237 e. The van der Waals surface area contributed by atoms with Crippen LogP contribution in [0.5, 0.6) is 11.6 Å². The molecule has 2 aromatic heterocycles. The quantitative estimate of drug-likeness (QED) is 0.397. The van der Waals surface area contributed by atoms with Crippen LogP contribution in [0.25, 0.3) is 11.3 Å². The summed E-state index contributed by atoms with van der Waals surface area (Å²) >= 11 is 0. The molecule has 0 amide bonds. The zero-order chi connectivity index (χ0) is 24.3. The minimum absolute atomic E-state index is 0.0949. The summed E-state index contributed by atoms with van der Waals surface area (Å²) in [5, 5.41) is 0. The van der Waals surface area contributed by atoms with E-state index in [2.05, 4.69) is 19.7 Å². The number of sulfonamides is 1. The largest absolute Gasteiger partial charge is 0.438 e. The van der Waals surface area contributed by atoms with Crippen molar-refractivity contribution in [3.05, 3.63) is 89.5 Å². The van der Waals surface area contributed by atoms with Gasteiger partial charge in [0.1, 0.15) is 5.75 Å². The summed E-state index contributed by atoms with van der Waals surface area (Å²) in [7, 11) is -3.84. The van der Waals surface area contributed by atoms with Crippen LogP contribution in [0, 0.1) is 19.7 Å². The maximum Gasteiger partial charge on any atom is 0.237 e. The molecule has 34 heavy (non-hydrogen) atoms. The van der Waals surface area contributed by atoms with Crippen molar-refractivity contribution in [2.24, 2.45) is 0 Å². The first kappa shape index (κ1) is 23.1. The van der Waals surface area contributed by atoms with E-state index in [1.54, 1.807) is 62.4 Å². The van der Waals surface area contributed by atoms with Gasteiger partial charge in [-0.25, -0.2) is 27.8 Å². The second-order valence-corrected chi connectivity index (χ2v) is 9.31. The molecule has 10 heteroatoms. The van der Waals surface area contributed by atoms with Crippen molar-refractivity contribution in [2.45, 2.75) is 19.6 Å². The molecule has 0 atom stereocenters. The molecule has 2 heterocycles. The minimum Gasteiger partial charge on any atom is -0.438 e. The van der Waals surface area contributed by atoms with E-state index in [-0.39, 0.29) is 29.0 Å². The molecule has 4 aromatic rings. The summed E-state index contributed by atoms with van der Waals surface area (Å²) in [6.45, 7) is 3.33. The molecule has 0 aliphatic heterocycles. The minimum atomic E-state index is -3.84. The first-order chi connectivity index (χ1) is 16.2. The van der Waals surface area contributed by atoms with E-state index in [9.17, 15) is 8.42 Å². The van der Waals surface area contributed by atoms with Gasteiger partial charge in [0.15, 0.2) is 5.82 Å². The maximum absolute atomic E-state index is 15.1. The fraction of sp³-hybridized carbons (Fsp3) is 0.125. The number of nitrogens with two attached hydrogens (primary N) is 1. The molecule has 0 radical (unpaired) electrons. The average Bonchev–Trinajstić information content (AvgIpc) is 2.81. The number of halogens is 1. The highest BCUT2D eigenvalue weighted by Crippen LogP contribution is 2.36. The third kappa shape index (κ3) is 5.12. The van der Waals surface area contributed by atoms with Crippen LogP contribution in [-0.4, -0.2) is 23.4 Å². The number of anilines is 2. The van der Waals surface area contributed by atoms with Gasteiger partial charge >= 0.3 is 0 Å². The number of nitrogens with one attached hydrogen (secondary N) is 1. The molecule has 0 aliphatic carbocycles. The van der Waals surface area contributed by atoms with Gasteiger partial charge in [-0.05, 0) is 48.7 Å². The van der Waals surface area contributed by atoms with Gasteiger partial charge in [0.2, 0.25) is 21.9 Å². The Balaban J connectivity index is 1.64. The van der Waals surface area contributed by atoms with Crippen LogP contribution in [0.1, 0.15) is 16.7 Å². The third-order valence-corrected chi connectivity index (χ3v) is 6.42. The monoisotopic (exact) mass is 479 g/mol. The van der Waals surface area contributed by atoms with Gasteiger partial charge in [-0.2, -0.15) is 0 Å². The number of pyridine rings is 1. The van der Waals surface area contributed by atoms with E-state index in [4.69, 9.17) is 10.5 Å². The van der Waals surface area contributed by atoms with Gasteiger partial charge in [-0.3, -0.25) is 4.72 Å². The number of hydrogen-bond donors (Lipinski definition) is 2. The number of hydrogen-bond acceptors (Lipinski definition) is 7. The van der Waals surface area contributed by atoms with E-state index in [1.165, 1.54) is 12.4 Å². The number of ether oxygens (including phenoxy) is 1. The van der Waals surface area contributed by atoms with E-state index in [0.29, 0.717) is 27.9 Å². The van der Waals surface area contributed by atoms with Crippen LogP contribution >= 0.6 is 0 Å². The van der Waals surface area contributed by atoms with Crippen LogP contribution in [-0.2, 0) is 15.8 Å². The Labute approximate surface area is 196 Å². The van der Waals surface area contributed by atoms with Gasteiger partial charge in [-0.1, -0.05) is 30.3 Å². The second-order valence-electron chi connectivity index (χ2n) is 7.59. The number of rotatable bonds is 7. The van der Waals surface area contributed by atoms with Gasteiger partial charge in [0, 0.05) is 18.5 Å². The lowest BCUT2D eigenvalue weighted by Gasteiger charge is -2.17. The normalized spacial score (nSPS) is 11.3. The molecule has 0 unspecified atom stereocenters. The lowest BCUT2D eigenvalue weighted by Crippen LogP contribution is -2.17. The first-order valence-corrected chi connectivity index (χ1v) is 11.9. The average molecular weight is 480 g/mol. The molecule has 2 aromatic carbocycles. The van der Waals surface area contributed by atoms with Crippen molar-refractivity contribution >= 4 is 21.7 Å². The van der Waals surface area contributed by atoms with Crippen molar-refractivity contribution in [3.8, 4) is 22.9 Å². The molecule has 174 valence electrons. The predicted molar refractivity (Wildman–Crippen MR) is 128 cm³/mol.